The van der Waals surface area contributed by atoms with Crippen molar-refractivity contribution in [2.24, 2.45) is 0 Å². The second-order valence-electron chi connectivity index (χ2n) is 8.44. The maximum absolute atomic E-state index is 13.2. The normalized spacial score (nSPS) is 11.3. The molecule has 5 rings (SSSR count). The minimum Gasteiger partial charge on any atom is -0.381 e. The molecule has 2 heterocycles. The number of thiophene rings is 1. The number of rotatable bonds is 7. The van der Waals surface area contributed by atoms with Gasteiger partial charge in [-0.25, -0.2) is 27.3 Å². The van der Waals surface area contributed by atoms with Crippen LogP contribution in [0, 0.1) is 0 Å². The maximum atomic E-state index is 13.2. The van der Waals surface area contributed by atoms with E-state index in [2.05, 4.69) is 15.6 Å². The SMILES string of the molecule is O=C(Nc1ccc(-n2c(=O)[nH]c3cc(NCc4ccccc4Cl)ccc3c2=O)cc1)NS(=O)(=O)c1ccc(Cl)s1. The third-order valence-corrected chi connectivity index (χ3v) is 9.19. The average molecular weight is 617 g/mol. The van der Waals surface area contributed by atoms with Crippen molar-refractivity contribution in [3.63, 3.8) is 0 Å². The first kappa shape index (κ1) is 27.5. The van der Waals surface area contributed by atoms with Gasteiger partial charge in [-0.15, -0.1) is 11.3 Å². The molecule has 2 amide bonds. The topological polar surface area (TPSA) is 142 Å². The van der Waals surface area contributed by atoms with Gasteiger partial charge in [0, 0.05) is 22.9 Å². The summed E-state index contributed by atoms with van der Waals surface area (Å²) in [5, 5.41) is 6.55. The number of carbonyl (C=O) groups is 1. The number of urea groups is 1. The van der Waals surface area contributed by atoms with Gasteiger partial charge in [0.15, 0.2) is 0 Å². The molecule has 204 valence electrons. The highest BCUT2D eigenvalue weighted by Crippen LogP contribution is 2.25. The van der Waals surface area contributed by atoms with Crippen LogP contribution < -0.4 is 26.6 Å². The molecule has 0 saturated heterocycles. The lowest BCUT2D eigenvalue weighted by Gasteiger charge is -2.11. The fourth-order valence-electron chi connectivity index (χ4n) is 3.87. The molecular weight excluding hydrogens is 597 g/mol. The van der Waals surface area contributed by atoms with Crippen LogP contribution >= 0.6 is 34.5 Å². The third-order valence-electron chi connectivity index (χ3n) is 5.76. The Morgan fingerprint density at radius 1 is 0.925 bits per heavy atom. The van der Waals surface area contributed by atoms with Gasteiger partial charge in [-0.3, -0.25) is 4.79 Å². The third kappa shape index (κ3) is 5.89. The van der Waals surface area contributed by atoms with Gasteiger partial charge < -0.3 is 15.6 Å². The summed E-state index contributed by atoms with van der Waals surface area (Å²) in [6, 6.07) is 19.9. The number of sulfonamides is 1. The Balaban J connectivity index is 1.32. The van der Waals surface area contributed by atoms with Crippen LogP contribution in [-0.2, 0) is 16.6 Å². The summed E-state index contributed by atoms with van der Waals surface area (Å²) in [5.41, 5.74) is 1.26. The van der Waals surface area contributed by atoms with Crippen LogP contribution in [0.5, 0.6) is 0 Å². The lowest BCUT2D eigenvalue weighted by atomic mass is 10.2. The van der Waals surface area contributed by atoms with E-state index in [0.29, 0.717) is 28.2 Å². The molecule has 3 aromatic carbocycles. The first-order valence-corrected chi connectivity index (χ1v) is 14.6. The number of amides is 2. The number of nitrogens with one attached hydrogen (secondary N) is 4. The smallest absolute Gasteiger partial charge is 0.333 e. The first-order valence-electron chi connectivity index (χ1n) is 11.6. The fraction of sp³-hybridized carbons (Fsp3) is 0.0385. The van der Waals surface area contributed by atoms with Crippen LogP contribution in [0.25, 0.3) is 16.6 Å². The van der Waals surface area contributed by atoms with E-state index in [-0.39, 0.29) is 19.9 Å². The Kier molecular flexibility index (Phi) is 7.68. The zero-order valence-corrected chi connectivity index (χ0v) is 23.4. The summed E-state index contributed by atoms with van der Waals surface area (Å²) in [4.78, 5) is 41.0. The summed E-state index contributed by atoms with van der Waals surface area (Å²) in [5.74, 6) is 0. The summed E-state index contributed by atoms with van der Waals surface area (Å²) in [6.45, 7) is 0.458. The van der Waals surface area contributed by atoms with Gasteiger partial charge in [0.25, 0.3) is 15.6 Å². The molecule has 0 spiro atoms. The van der Waals surface area contributed by atoms with Gasteiger partial charge in [0.1, 0.15) is 4.21 Å². The van der Waals surface area contributed by atoms with Crippen molar-refractivity contribution >= 4 is 72.9 Å². The molecule has 0 aliphatic carbocycles. The summed E-state index contributed by atoms with van der Waals surface area (Å²) >= 11 is 12.8. The summed E-state index contributed by atoms with van der Waals surface area (Å²) < 4.78 is 27.6. The minimum atomic E-state index is -4.09. The standard InChI is InChI=1S/C26H19Cl2N5O5S2/c27-20-4-2-1-3-15(20)14-29-17-7-10-19-21(13-17)31-26(36)33(24(19)34)18-8-5-16(6-9-18)30-25(35)32-40(37,38)23-12-11-22(28)39-23/h1-13,29H,14H2,(H,31,36)(H2,30,32,35). The van der Waals surface area contributed by atoms with E-state index in [1.165, 1.54) is 36.4 Å². The summed E-state index contributed by atoms with van der Waals surface area (Å²) in [7, 11) is -4.09. The Hall–Kier alpha value is -4.10. The molecule has 40 heavy (non-hydrogen) atoms. The van der Waals surface area contributed by atoms with E-state index in [4.69, 9.17) is 23.2 Å². The minimum absolute atomic E-state index is 0.110. The molecule has 2 aromatic heterocycles. The predicted octanol–water partition coefficient (Wildman–Crippen LogP) is 5.17. The second-order valence-corrected chi connectivity index (χ2v) is 12.5. The van der Waals surface area contributed by atoms with Crippen LogP contribution in [0.2, 0.25) is 9.36 Å². The Morgan fingerprint density at radius 2 is 1.65 bits per heavy atom. The van der Waals surface area contributed by atoms with Crippen molar-refractivity contribution < 1.29 is 13.2 Å². The number of halogens is 2. The lowest BCUT2D eigenvalue weighted by Crippen LogP contribution is -2.34. The molecule has 0 fully saturated rings. The predicted molar refractivity (Wildman–Crippen MR) is 158 cm³/mol. The average Bonchev–Trinajstić information content (AvgIpc) is 3.36. The second kappa shape index (κ2) is 11.2. The number of hydrogen-bond donors (Lipinski definition) is 4. The number of H-pyrrole nitrogens is 1. The van der Waals surface area contributed by atoms with E-state index in [1.807, 2.05) is 22.9 Å². The number of hydrogen-bond acceptors (Lipinski definition) is 7. The van der Waals surface area contributed by atoms with Crippen LogP contribution in [-0.4, -0.2) is 24.0 Å². The molecule has 0 aliphatic rings. The molecular formula is C26H19Cl2N5O5S2. The highest BCUT2D eigenvalue weighted by Gasteiger charge is 2.20. The van der Waals surface area contributed by atoms with E-state index in [1.54, 1.807) is 24.3 Å². The molecule has 0 atom stereocenters. The van der Waals surface area contributed by atoms with E-state index < -0.39 is 27.3 Å². The Labute approximate surface area is 241 Å². The zero-order valence-electron chi connectivity index (χ0n) is 20.3. The number of carbonyl (C=O) groups excluding carboxylic acids is 1. The maximum Gasteiger partial charge on any atom is 0.333 e. The zero-order chi connectivity index (χ0) is 28.4. The number of aromatic nitrogens is 2. The molecule has 4 N–H and O–H groups in total. The largest absolute Gasteiger partial charge is 0.381 e. The van der Waals surface area contributed by atoms with Crippen LogP contribution in [0.4, 0.5) is 16.2 Å². The highest BCUT2D eigenvalue weighted by atomic mass is 35.5. The fourth-order valence-corrected chi connectivity index (χ4v) is 6.46. The molecule has 0 unspecified atom stereocenters. The molecule has 0 bridgehead atoms. The van der Waals surface area contributed by atoms with Gasteiger partial charge in [-0.1, -0.05) is 41.4 Å². The Bertz CT molecular complexity index is 1970. The molecule has 14 heteroatoms. The highest BCUT2D eigenvalue weighted by molar-refractivity contribution is 7.92. The number of aromatic amines is 1. The molecule has 5 aromatic rings. The van der Waals surface area contributed by atoms with Crippen molar-refractivity contribution in [2.45, 2.75) is 10.8 Å². The molecule has 0 saturated carbocycles. The van der Waals surface area contributed by atoms with Crippen LogP contribution in [0.3, 0.4) is 0 Å². The van der Waals surface area contributed by atoms with Gasteiger partial charge in [-0.05, 0) is 66.2 Å². The lowest BCUT2D eigenvalue weighted by molar-refractivity contribution is 0.256. The van der Waals surface area contributed by atoms with Crippen molar-refractivity contribution in [3.05, 3.63) is 115 Å². The number of benzene rings is 3. The van der Waals surface area contributed by atoms with Crippen molar-refractivity contribution in [1.82, 2.24) is 14.3 Å². The van der Waals surface area contributed by atoms with Gasteiger partial charge in [0.05, 0.1) is 20.9 Å². The first-order chi connectivity index (χ1) is 19.1. The van der Waals surface area contributed by atoms with Gasteiger partial charge in [-0.2, -0.15) is 0 Å². The van der Waals surface area contributed by atoms with Crippen LogP contribution in [0.1, 0.15) is 5.56 Å². The Morgan fingerprint density at radius 3 is 2.35 bits per heavy atom. The van der Waals surface area contributed by atoms with E-state index >= 15 is 0 Å². The van der Waals surface area contributed by atoms with Gasteiger partial charge >= 0.3 is 11.7 Å². The molecule has 10 nitrogen and oxygen atoms in total. The van der Waals surface area contributed by atoms with Crippen molar-refractivity contribution in [2.75, 3.05) is 10.6 Å². The van der Waals surface area contributed by atoms with Gasteiger partial charge in [0.2, 0.25) is 0 Å². The molecule has 0 aliphatic heterocycles. The van der Waals surface area contributed by atoms with E-state index in [9.17, 15) is 22.8 Å². The van der Waals surface area contributed by atoms with Crippen LogP contribution in [0.15, 0.2) is 92.7 Å². The molecule has 0 radical (unpaired) electrons. The number of fused-ring (bicyclic) bond motifs is 1. The van der Waals surface area contributed by atoms with E-state index in [0.717, 1.165) is 21.5 Å². The quantitative estimate of drug-likeness (QED) is 0.199. The van der Waals surface area contributed by atoms with Crippen molar-refractivity contribution in [3.8, 4) is 5.69 Å². The monoisotopic (exact) mass is 615 g/mol. The van der Waals surface area contributed by atoms with Crippen molar-refractivity contribution in [1.29, 1.82) is 0 Å². The summed E-state index contributed by atoms with van der Waals surface area (Å²) in [6.07, 6.45) is 0. The number of nitrogens with zero attached hydrogens (tertiary/aromatic N) is 1. The number of anilines is 2.